The van der Waals surface area contributed by atoms with Crippen molar-refractivity contribution >= 4 is 68.3 Å². The van der Waals surface area contributed by atoms with E-state index >= 15 is 0 Å². The number of amides is 2. The molecule has 5 rings (SSSR count). The molecule has 48 heavy (non-hydrogen) atoms. The summed E-state index contributed by atoms with van der Waals surface area (Å²) >= 11 is 10.4. The Morgan fingerprint density at radius 3 is 1.15 bits per heavy atom. The smallest absolute Gasteiger partial charge is 0.255 e. The number of nitrogen functional groups attached to an aromatic ring is 1. The van der Waals surface area contributed by atoms with Crippen molar-refractivity contribution in [2.45, 2.75) is 21.3 Å². The minimum atomic E-state index is -0.602. The number of para-hydroxylation sites is 3. The van der Waals surface area contributed by atoms with Gasteiger partial charge in [-0.1, -0.05) is 86.3 Å². The lowest BCUT2D eigenvalue weighted by Crippen LogP contribution is -2.15. The Labute approximate surface area is 292 Å². The fourth-order valence-electron chi connectivity index (χ4n) is 3.47. The van der Waals surface area contributed by atoms with E-state index in [4.69, 9.17) is 30.3 Å². The number of benzene rings is 5. The standard InChI is InChI=1S/C20H16N2O2.C8H4Cl2O2.C6H7N.C3H6O.CH4/c23-19(21-17-10-3-1-4-11-17)15-8-7-9-16(14-15)20(24)22-18-12-5-2-6-13-18;9-7(11)5-2-1-3-6(4-5)8(10)12;7-6-4-2-1-3-5-6;1-3(2)4;/h1-14H,(H,21,23)(H,22,24);1-4H;1-5H,7H2;1-2H3;1H4/i;;;1D;. The van der Waals surface area contributed by atoms with Crippen molar-refractivity contribution in [3.8, 4) is 0 Å². The van der Waals surface area contributed by atoms with Gasteiger partial charge in [0.25, 0.3) is 22.3 Å². The van der Waals surface area contributed by atoms with E-state index in [0.29, 0.717) is 22.5 Å². The zero-order chi connectivity index (χ0) is 35.3. The number of nitrogens with one attached hydrogen (secondary N) is 2. The molecule has 10 heteroatoms. The number of nitrogens with two attached hydrogens (primary N) is 1. The quantitative estimate of drug-likeness (QED) is 0.120. The molecule has 0 atom stereocenters. The predicted molar refractivity (Wildman–Crippen MR) is 196 cm³/mol. The second-order valence-electron chi connectivity index (χ2n) is 9.46. The Hall–Kier alpha value is -5.57. The number of ketones is 1. The van der Waals surface area contributed by atoms with Crippen molar-refractivity contribution in [3.63, 3.8) is 0 Å². The summed E-state index contributed by atoms with van der Waals surface area (Å²) in [5.74, 6) is -0.587. The van der Waals surface area contributed by atoms with Crippen LogP contribution < -0.4 is 16.4 Å². The van der Waals surface area contributed by atoms with Crippen LogP contribution in [-0.4, -0.2) is 28.1 Å². The fraction of sp³-hybridized carbons (Fsp3) is 0.0789. The first-order valence-electron chi connectivity index (χ1n) is 14.6. The molecule has 5 aromatic rings. The SMILES string of the molecule is C.Nc1ccccc1.O=C(Cl)c1cccc(C(=O)Cl)c1.O=C(Nc1ccccc1)c1cccc(C(=O)Nc2ccccc2)c1.[2H]CC(C)=O. The molecule has 248 valence electrons. The maximum atomic E-state index is 12.3. The van der Waals surface area contributed by atoms with E-state index in [2.05, 4.69) is 10.6 Å². The van der Waals surface area contributed by atoms with E-state index in [1.165, 1.54) is 25.1 Å². The predicted octanol–water partition coefficient (Wildman–Crippen LogP) is 9.14. The van der Waals surface area contributed by atoms with Crippen LogP contribution in [0.5, 0.6) is 0 Å². The number of hydrogen-bond donors (Lipinski definition) is 3. The van der Waals surface area contributed by atoms with E-state index in [0.717, 1.165) is 5.69 Å². The average Bonchev–Trinajstić information content (AvgIpc) is 3.10. The summed E-state index contributed by atoms with van der Waals surface area (Å²) in [4.78, 5) is 55.5. The first kappa shape index (κ1) is 38.6. The van der Waals surface area contributed by atoms with Crippen molar-refractivity contribution < 1.29 is 25.3 Å². The molecule has 0 bridgehead atoms. The molecule has 0 fully saturated rings. The molecular weight excluding hydrogens is 649 g/mol. The summed E-state index contributed by atoms with van der Waals surface area (Å²) in [6.07, 6.45) is 0. The van der Waals surface area contributed by atoms with Crippen LogP contribution >= 0.6 is 23.2 Å². The number of Topliss-reactive ketones (excluding diaryl/α,β-unsaturated/α-hetero) is 1. The van der Waals surface area contributed by atoms with Crippen LogP contribution in [0.4, 0.5) is 17.1 Å². The van der Waals surface area contributed by atoms with Crippen molar-refractivity contribution in [2.24, 2.45) is 0 Å². The van der Waals surface area contributed by atoms with Gasteiger partial charge in [0.15, 0.2) is 0 Å². The highest BCUT2D eigenvalue weighted by Gasteiger charge is 2.11. The summed E-state index contributed by atoms with van der Waals surface area (Å²) in [6.45, 7) is 1.31. The summed E-state index contributed by atoms with van der Waals surface area (Å²) in [5, 5.41) is 4.40. The minimum absolute atomic E-state index is 0. The van der Waals surface area contributed by atoms with Gasteiger partial charge >= 0.3 is 0 Å². The lowest BCUT2D eigenvalue weighted by molar-refractivity contribution is -0.115. The lowest BCUT2D eigenvalue weighted by atomic mass is 10.1. The third-order valence-electron chi connectivity index (χ3n) is 5.57. The molecule has 0 aliphatic rings. The zero-order valence-corrected chi connectivity index (χ0v) is 26.9. The van der Waals surface area contributed by atoms with Crippen molar-refractivity contribution in [2.75, 3.05) is 16.4 Å². The summed E-state index contributed by atoms with van der Waals surface area (Å²) in [5.41, 5.74) is 8.99. The van der Waals surface area contributed by atoms with E-state index in [1.54, 1.807) is 30.3 Å². The van der Waals surface area contributed by atoms with Crippen LogP contribution in [0.25, 0.3) is 0 Å². The highest BCUT2D eigenvalue weighted by Crippen LogP contribution is 2.13. The molecule has 0 aliphatic carbocycles. The van der Waals surface area contributed by atoms with E-state index in [-0.39, 0.29) is 43.1 Å². The van der Waals surface area contributed by atoms with Crippen LogP contribution in [0.15, 0.2) is 140 Å². The molecule has 8 nitrogen and oxygen atoms in total. The minimum Gasteiger partial charge on any atom is -0.399 e. The Morgan fingerprint density at radius 1 is 0.542 bits per heavy atom. The van der Waals surface area contributed by atoms with Crippen LogP contribution in [0.3, 0.4) is 0 Å². The number of hydrogen-bond acceptors (Lipinski definition) is 6. The number of halogens is 2. The van der Waals surface area contributed by atoms with Crippen molar-refractivity contribution in [1.82, 2.24) is 0 Å². The van der Waals surface area contributed by atoms with E-state index in [1.807, 2.05) is 91.0 Å². The molecule has 0 saturated heterocycles. The highest BCUT2D eigenvalue weighted by atomic mass is 35.5. The molecule has 4 N–H and O–H groups in total. The van der Waals surface area contributed by atoms with E-state index < -0.39 is 10.5 Å². The topological polar surface area (TPSA) is 135 Å². The molecule has 0 unspecified atom stereocenters. The van der Waals surface area contributed by atoms with Crippen molar-refractivity contribution in [3.05, 3.63) is 162 Å². The summed E-state index contributed by atoms with van der Waals surface area (Å²) in [7, 11) is 0. The molecule has 5 aromatic carbocycles. The largest absolute Gasteiger partial charge is 0.399 e. The van der Waals surface area contributed by atoms with Gasteiger partial charge in [-0.2, -0.15) is 0 Å². The zero-order valence-electron chi connectivity index (χ0n) is 26.4. The van der Waals surface area contributed by atoms with Crippen LogP contribution in [0.1, 0.15) is 64.1 Å². The average molecular weight is 688 g/mol. The van der Waals surface area contributed by atoms with Gasteiger partial charge in [0.1, 0.15) is 5.78 Å². The molecule has 0 heterocycles. The van der Waals surface area contributed by atoms with Gasteiger partial charge in [0.05, 0.1) is 0 Å². The Balaban J connectivity index is 0.000000397. The second-order valence-corrected chi connectivity index (χ2v) is 10.1. The van der Waals surface area contributed by atoms with Gasteiger partial charge in [0, 0.05) is 40.7 Å². The van der Waals surface area contributed by atoms with Crippen LogP contribution in [0.2, 0.25) is 0 Å². The van der Waals surface area contributed by atoms with Crippen LogP contribution in [-0.2, 0) is 4.79 Å². The number of carbonyl (C=O) groups excluding carboxylic acids is 5. The van der Waals surface area contributed by atoms with Crippen molar-refractivity contribution in [1.29, 1.82) is 0 Å². The van der Waals surface area contributed by atoms with Gasteiger partial charge in [-0.05, 0) is 97.7 Å². The molecule has 0 spiro atoms. The molecule has 2 amide bonds. The Bertz CT molecular complexity index is 1690. The van der Waals surface area contributed by atoms with Gasteiger partial charge < -0.3 is 21.2 Å². The van der Waals surface area contributed by atoms with Gasteiger partial charge in [-0.25, -0.2) is 0 Å². The van der Waals surface area contributed by atoms with E-state index in [9.17, 15) is 24.0 Å². The fourth-order valence-corrected chi connectivity index (χ4v) is 3.70. The lowest BCUT2D eigenvalue weighted by Gasteiger charge is -2.08. The Kier molecular flexibility index (Phi) is 17.7. The second kappa shape index (κ2) is 22.0. The normalized spacial score (nSPS) is 9.44. The maximum Gasteiger partial charge on any atom is 0.255 e. The summed E-state index contributed by atoms with van der Waals surface area (Å²) < 4.78 is 6.31. The molecular formula is C38H37Cl2N3O5. The maximum absolute atomic E-state index is 12.3. The van der Waals surface area contributed by atoms with Gasteiger partial charge in [0.2, 0.25) is 0 Å². The number of anilines is 3. The molecule has 0 aliphatic heterocycles. The first-order chi connectivity index (χ1) is 23.0. The van der Waals surface area contributed by atoms with Gasteiger partial charge in [-0.15, -0.1) is 0 Å². The first-order valence-corrected chi connectivity index (χ1v) is 14.7. The molecule has 0 saturated carbocycles. The third-order valence-corrected chi connectivity index (χ3v) is 6.00. The van der Waals surface area contributed by atoms with Gasteiger partial charge in [-0.3, -0.25) is 19.2 Å². The number of carbonyl (C=O) groups is 5. The highest BCUT2D eigenvalue weighted by molar-refractivity contribution is 6.69. The third kappa shape index (κ3) is 16.1. The monoisotopic (exact) mass is 686 g/mol. The number of rotatable bonds is 6. The molecule has 0 aromatic heterocycles. The Morgan fingerprint density at radius 2 is 0.854 bits per heavy atom. The van der Waals surface area contributed by atoms with Crippen LogP contribution in [0, 0.1) is 0 Å². The summed E-state index contributed by atoms with van der Waals surface area (Å²) in [6, 6.07) is 40.4. The molecule has 0 radical (unpaired) electrons.